The minimum atomic E-state index is 0.318. The molecule has 0 aromatic rings. The average molecular weight is 198 g/mol. The van der Waals surface area contributed by atoms with Crippen molar-refractivity contribution in [1.82, 2.24) is 4.90 Å². The van der Waals surface area contributed by atoms with Crippen LogP contribution in [0.3, 0.4) is 0 Å². The highest BCUT2D eigenvalue weighted by atomic mass is 16.2. The summed E-state index contributed by atoms with van der Waals surface area (Å²) < 4.78 is 0. The van der Waals surface area contributed by atoms with Crippen LogP contribution in [0.2, 0.25) is 0 Å². The van der Waals surface area contributed by atoms with Crippen LogP contribution in [0.5, 0.6) is 0 Å². The Hall–Kier alpha value is -0.570. The van der Waals surface area contributed by atoms with Crippen LogP contribution in [-0.2, 0) is 4.79 Å². The molecule has 3 heteroatoms. The van der Waals surface area contributed by atoms with Gasteiger partial charge in [-0.25, -0.2) is 0 Å². The van der Waals surface area contributed by atoms with Gasteiger partial charge in [-0.2, -0.15) is 0 Å². The second kappa shape index (κ2) is 6.02. The SMILES string of the molecule is CCCCN(CCN)C(=O)C1CCC1. The molecule has 1 rings (SSSR count). The van der Waals surface area contributed by atoms with E-state index in [9.17, 15) is 4.79 Å². The van der Waals surface area contributed by atoms with Gasteiger partial charge in [-0.15, -0.1) is 0 Å². The fourth-order valence-corrected chi connectivity index (χ4v) is 1.75. The Bertz CT molecular complexity index is 178. The van der Waals surface area contributed by atoms with E-state index in [-0.39, 0.29) is 0 Å². The van der Waals surface area contributed by atoms with Gasteiger partial charge in [-0.1, -0.05) is 19.8 Å². The molecule has 0 unspecified atom stereocenters. The van der Waals surface area contributed by atoms with Gasteiger partial charge in [0.1, 0.15) is 0 Å². The van der Waals surface area contributed by atoms with Gasteiger partial charge in [0, 0.05) is 25.6 Å². The molecule has 1 aliphatic carbocycles. The summed E-state index contributed by atoms with van der Waals surface area (Å²) in [4.78, 5) is 13.8. The summed E-state index contributed by atoms with van der Waals surface area (Å²) in [6.45, 7) is 4.36. The van der Waals surface area contributed by atoms with Gasteiger partial charge in [0.15, 0.2) is 0 Å². The van der Waals surface area contributed by atoms with E-state index in [0.717, 1.165) is 38.8 Å². The monoisotopic (exact) mass is 198 g/mol. The molecule has 1 fully saturated rings. The lowest BCUT2D eigenvalue weighted by atomic mass is 9.84. The standard InChI is InChI=1S/C11H22N2O/c1-2-3-8-13(9-7-12)11(14)10-5-4-6-10/h10H,2-9,12H2,1H3. The first-order valence-electron chi connectivity index (χ1n) is 5.78. The van der Waals surface area contributed by atoms with E-state index in [0.29, 0.717) is 18.4 Å². The summed E-state index contributed by atoms with van der Waals surface area (Å²) in [5, 5.41) is 0. The molecule has 82 valence electrons. The Balaban J connectivity index is 2.34. The first-order valence-corrected chi connectivity index (χ1v) is 5.78. The molecule has 0 aliphatic heterocycles. The summed E-state index contributed by atoms with van der Waals surface area (Å²) in [7, 11) is 0. The van der Waals surface area contributed by atoms with Crippen LogP contribution >= 0.6 is 0 Å². The number of nitrogens with two attached hydrogens (primary N) is 1. The van der Waals surface area contributed by atoms with Crippen LogP contribution < -0.4 is 5.73 Å². The zero-order valence-corrected chi connectivity index (χ0v) is 9.17. The van der Waals surface area contributed by atoms with E-state index in [1.807, 2.05) is 4.90 Å². The number of hydrogen-bond acceptors (Lipinski definition) is 2. The van der Waals surface area contributed by atoms with E-state index >= 15 is 0 Å². The van der Waals surface area contributed by atoms with Crippen LogP contribution in [-0.4, -0.2) is 30.4 Å². The molecule has 0 aromatic heterocycles. The molecule has 1 aliphatic rings. The van der Waals surface area contributed by atoms with Crippen LogP contribution in [0.25, 0.3) is 0 Å². The molecule has 1 amide bonds. The molecule has 0 heterocycles. The number of rotatable bonds is 6. The molecule has 14 heavy (non-hydrogen) atoms. The maximum absolute atomic E-state index is 11.9. The predicted molar refractivity (Wildman–Crippen MR) is 57.9 cm³/mol. The van der Waals surface area contributed by atoms with Crippen molar-refractivity contribution in [3.8, 4) is 0 Å². The van der Waals surface area contributed by atoms with E-state index in [1.165, 1.54) is 6.42 Å². The lowest BCUT2D eigenvalue weighted by Gasteiger charge is -2.31. The van der Waals surface area contributed by atoms with Crippen molar-refractivity contribution < 1.29 is 4.79 Å². The zero-order chi connectivity index (χ0) is 10.4. The molecule has 0 atom stereocenters. The second-order valence-corrected chi connectivity index (χ2v) is 4.10. The molecule has 1 saturated carbocycles. The van der Waals surface area contributed by atoms with Crippen LogP contribution in [0.4, 0.5) is 0 Å². The summed E-state index contributed by atoms with van der Waals surface area (Å²) in [6.07, 6.45) is 5.64. The van der Waals surface area contributed by atoms with Gasteiger partial charge in [-0.05, 0) is 19.3 Å². The minimum absolute atomic E-state index is 0.318. The summed E-state index contributed by atoms with van der Waals surface area (Å²) in [5.41, 5.74) is 5.50. The fourth-order valence-electron chi connectivity index (χ4n) is 1.75. The van der Waals surface area contributed by atoms with Gasteiger partial charge >= 0.3 is 0 Å². The molecule has 3 nitrogen and oxygen atoms in total. The van der Waals surface area contributed by atoms with E-state index in [1.54, 1.807) is 0 Å². The van der Waals surface area contributed by atoms with Crippen molar-refractivity contribution in [1.29, 1.82) is 0 Å². The third-order valence-electron chi connectivity index (χ3n) is 2.95. The number of unbranched alkanes of at least 4 members (excludes halogenated alkanes) is 1. The van der Waals surface area contributed by atoms with Crippen LogP contribution in [0.15, 0.2) is 0 Å². The average Bonchev–Trinajstić information content (AvgIpc) is 2.09. The molecular formula is C11H22N2O. The number of amides is 1. The lowest BCUT2D eigenvalue weighted by molar-refractivity contribution is -0.138. The molecule has 0 bridgehead atoms. The Morgan fingerprint density at radius 3 is 2.57 bits per heavy atom. The van der Waals surface area contributed by atoms with Crippen molar-refractivity contribution in [3.63, 3.8) is 0 Å². The minimum Gasteiger partial charge on any atom is -0.341 e. The van der Waals surface area contributed by atoms with Gasteiger partial charge in [0.2, 0.25) is 5.91 Å². The highest BCUT2D eigenvalue weighted by Gasteiger charge is 2.28. The second-order valence-electron chi connectivity index (χ2n) is 4.10. The third kappa shape index (κ3) is 2.98. The number of carbonyl (C=O) groups excluding carboxylic acids is 1. The normalized spacial score (nSPS) is 16.4. The quantitative estimate of drug-likeness (QED) is 0.700. The molecule has 0 aromatic carbocycles. The topological polar surface area (TPSA) is 46.3 Å². The summed E-state index contributed by atoms with van der Waals surface area (Å²) in [5.74, 6) is 0.661. The Morgan fingerprint density at radius 1 is 1.43 bits per heavy atom. The maximum atomic E-state index is 11.9. The van der Waals surface area contributed by atoms with Crippen LogP contribution in [0, 0.1) is 5.92 Å². The number of hydrogen-bond donors (Lipinski definition) is 1. The van der Waals surface area contributed by atoms with Gasteiger partial charge < -0.3 is 10.6 Å². The molecule has 0 saturated heterocycles. The smallest absolute Gasteiger partial charge is 0.225 e. The predicted octanol–water partition coefficient (Wildman–Crippen LogP) is 1.37. The molecule has 0 radical (unpaired) electrons. The van der Waals surface area contributed by atoms with E-state index in [2.05, 4.69) is 6.92 Å². The Morgan fingerprint density at radius 2 is 2.14 bits per heavy atom. The number of nitrogens with zero attached hydrogens (tertiary/aromatic N) is 1. The van der Waals surface area contributed by atoms with Gasteiger partial charge in [0.25, 0.3) is 0 Å². The van der Waals surface area contributed by atoms with Crippen molar-refractivity contribution in [2.24, 2.45) is 11.7 Å². The summed E-state index contributed by atoms with van der Waals surface area (Å²) >= 11 is 0. The van der Waals surface area contributed by atoms with Crippen molar-refractivity contribution in [2.75, 3.05) is 19.6 Å². The lowest BCUT2D eigenvalue weighted by Crippen LogP contribution is -2.42. The summed E-state index contributed by atoms with van der Waals surface area (Å²) in [6, 6.07) is 0. The van der Waals surface area contributed by atoms with Crippen LogP contribution in [0.1, 0.15) is 39.0 Å². The highest BCUT2D eigenvalue weighted by molar-refractivity contribution is 5.79. The van der Waals surface area contributed by atoms with Gasteiger partial charge in [0.05, 0.1) is 0 Å². The first kappa shape index (κ1) is 11.5. The molecule has 0 spiro atoms. The molecular weight excluding hydrogens is 176 g/mol. The fraction of sp³-hybridized carbons (Fsp3) is 0.909. The van der Waals surface area contributed by atoms with Crippen molar-refractivity contribution in [2.45, 2.75) is 39.0 Å². The van der Waals surface area contributed by atoms with E-state index in [4.69, 9.17) is 5.73 Å². The Kier molecular flexibility index (Phi) is 4.94. The Labute approximate surface area is 86.6 Å². The largest absolute Gasteiger partial charge is 0.341 e. The first-order chi connectivity index (χ1) is 6.79. The van der Waals surface area contributed by atoms with Crippen molar-refractivity contribution >= 4 is 5.91 Å². The van der Waals surface area contributed by atoms with Crippen molar-refractivity contribution in [3.05, 3.63) is 0 Å². The zero-order valence-electron chi connectivity index (χ0n) is 9.17. The maximum Gasteiger partial charge on any atom is 0.225 e. The number of carbonyl (C=O) groups is 1. The highest BCUT2D eigenvalue weighted by Crippen LogP contribution is 2.28. The molecule has 2 N–H and O–H groups in total. The van der Waals surface area contributed by atoms with E-state index < -0.39 is 0 Å². The van der Waals surface area contributed by atoms with Gasteiger partial charge in [-0.3, -0.25) is 4.79 Å². The third-order valence-corrected chi connectivity index (χ3v) is 2.95.